The molecule has 4 rings (SSSR count). The zero-order valence-electron chi connectivity index (χ0n) is 12.3. The van der Waals surface area contributed by atoms with Crippen LogP contribution >= 0.6 is 0 Å². The zero-order chi connectivity index (χ0) is 14.1. The average Bonchev–Trinajstić information content (AvgIpc) is 2.26. The summed E-state index contributed by atoms with van der Waals surface area (Å²) < 4.78 is 0. The first-order chi connectivity index (χ1) is 8.68. The lowest BCUT2D eigenvalue weighted by Gasteiger charge is -2.64. The maximum atomic E-state index is 11.6. The average molecular weight is 266 g/mol. The van der Waals surface area contributed by atoms with E-state index < -0.39 is 17.0 Å². The summed E-state index contributed by atoms with van der Waals surface area (Å²) in [6.45, 7) is 5.16. The number of carbonyl (C=O) groups is 1. The van der Waals surface area contributed by atoms with Gasteiger partial charge in [0.05, 0.1) is 11.0 Å². The number of aliphatic hydroxyl groups is 1. The molecule has 0 radical (unpaired) electrons. The Labute approximate surface area is 115 Å². The Balaban J connectivity index is 1.98. The Morgan fingerprint density at radius 2 is 1.37 bits per heavy atom. The Bertz CT molecular complexity index is 373. The van der Waals surface area contributed by atoms with Crippen LogP contribution in [0.2, 0.25) is 0 Å². The van der Waals surface area contributed by atoms with Crippen LogP contribution < -0.4 is 0 Å². The van der Waals surface area contributed by atoms with Crippen LogP contribution in [-0.2, 0) is 4.79 Å². The van der Waals surface area contributed by atoms with E-state index in [0.717, 1.165) is 37.0 Å². The Kier molecular flexibility index (Phi) is 2.65. The van der Waals surface area contributed by atoms with Gasteiger partial charge >= 0.3 is 5.97 Å². The van der Waals surface area contributed by atoms with Crippen LogP contribution in [0.1, 0.15) is 59.3 Å². The molecule has 0 saturated heterocycles. The quantitative estimate of drug-likeness (QED) is 0.825. The van der Waals surface area contributed by atoms with Gasteiger partial charge in [-0.15, -0.1) is 0 Å². The van der Waals surface area contributed by atoms with Gasteiger partial charge in [-0.05, 0) is 77.0 Å². The largest absolute Gasteiger partial charge is 0.481 e. The molecule has 1 unspecified atom stereocenters. The van der Waals surface area contributed by atoms with Gasteiger partial charge < -0.3 is 10.2 Å². The minimum Gasteiger partial charge on any atom is -0.481 e. The molecule has 4 saturated carbocycles. The molecular weight excluding hydrogens is 240 g/mol. The van der Waals surface area contributed by atoms with E-state index in [4.69, 9.17) is 0 Å². The maximum Gasteiger partial charge on any atom is 0.312 e. The van der Waals surface area contributed by atoms with Gasteiger partial charge in [0, 0.05) is 5.41 Å². The van der Waals surface area contributed by atoms with Crippen LogP contribution in [0.5, 0.6) is 0 Å². The van der Waals surface area contributed by atoms with Crippen LogP contribution in [-0.4, -0.2) is 21.8 Å². The van der Waals surface area contributed by atoms with E-state index in [-0.39, 0.29) is 5.41 Å². The van der Waals surface area contributed by atoms with E-state index in [0.29, 0.717) is 0 Å². The van der Waals surface area contributed by atoms with Gasteiger partial charge in [-0.25, -0.2) is 0 Å². The molecule has 0 heterocycles. The number of hydrogen-bond acceptors (Lipinski definition) is 2. The molecule has 4 aliphatic carbocycles. The lowest BCUT2D eigenvalue weighted by Crippen LogP contribution is -2.64. The predicted octanol–water partition coefficient (Wildman–Crippen LogP) is 3.06. The van der Waals surface area contributed by atoms with Crippen LogP contribution in [0, 0.1) is 28.6 Å². The highest BCUT2D eigenvalue weighted by Gasteiger charge is 2.64. The molecular formula is C16H26O3. The van der Waals surface area contributed by atoms with Crippen molar-refractivity contribution in [2.75, 3.05) is 0 Å². The summed E-state index contributed by atoms with van der Waals surface area (Å²) in [5.41, 5.74) is -2.37. The van der Waals surface area contributed by atoms with Crippen LogP contribution in [0.25, 0.3) is 0 Å². The molecule has 3 heteroatoms. The Morgan fingerprint density at radius 3 is 1.68 bits per heavy atom. The first kappa shape index (κ1) is 13.4. The van der Waals surface area contributed by atoms with E-state index in [9.17, 15) is 15.0 Å². The van der Waals surface area contributed by atoms with Gasteiger partial charge in [-0.2, -0.15) is 0 Å². The van der Waals surface area contributed by atoms with Crippen molar-refractivity contribution >= 4 is 5.97 Å². The van der Waals surface area contributed by atoms with Crippen molar-refractivity contribution in [1.29, 1.82) is 0 Å². The Morgan fingerprint density at radius 1 is 1.00 bits per heavy atom. The van der Waals surface area contributed by atoms with Gasteiger partial charge in [0.2, 0.25) is 0 Å². The van der Waals surface area contributed by atoms with Crippen molar-refractivity contribution in [3.05, 3.63) is 0 Å². The van der Waals surface area contributed by atoms with Gasteiger partial charge in [-0.1, -0.05) is 0 Å². The molecule has 0 amide bonds. The third-order valence-corrected chi connectivity index (χ3v) is 6.82. The van der Waals surface area contributed by atoms with E-state index in [2.05, 4.69) is 0 Å². The molecule has 0 aromatic carbocycles. The van der Waals surface area contributed by atoms with Crippen LogP contribution in [0.3, 0.4) is 0 Å². The second kappa shape index (κ2) is 3.75. The van der Waals surface area contributed by atoms with E-state index in [1.807, 2.05) is 0 Å². The zero-order valence-corrected chi connectivity index (χ0v) is 12.3. The minimum atomic E-state index is -1.12. The van der Waals surface area contributed by atoms with Crippen molar-refractivity contribution in [1.82, 2.24) is 0 Å². The molecule has 2 N–H and O–H groups in total. The maximum absolute atomic E-state index is 11.6. The summed E-state index contributed by atoms with van der Waals surface area (Å²) in [5, 5.41) is 20.7. The second-order valence-corrected chi connectivity index (χ2v) is 8.20. The Hall–Kier alpha value is -0.570. The number of carboxylic acid groups (broad SMARTS) is 1. The summed E-state index contributed by atoms with van der Waals surface area (Å²) in [4.78, 5) is 11.6. The lowest BCUT2D eigenvalue weighted by atomic mass is 9.42. The van der Waals surface area contributed by atoms with Crippen molar-refractivity contribution in [2.24, 2.45) is 28.6 Å². The fraction of sp³-hybridized carbons (Fsp3) is 0.938. The molecule has 0 spiro atoms. The monoisotopic (exact) mass is 266 g/mol. The van der Waals surface area contributed by atoms with Crippen molar-refractivity contribution in [3.63, 3.8) is 0 Å². The third kappa shape index (κ3) is 1.63. The smallest absolute Gasteiger partial charge is 0.312 e. The molecule has 19 heavy (non-hydrogen) atoms. The summed E-state index contributed by atoms with van der Waals surface area (Å²) in [5.74, 6) is 1.29. The minimum absolute atomic E-state index is 0.163. The summed E-state index contributed by atoms with van der Waals surface area (Å²) >= 11 is 0. The second-order valence-electron chi connectivity index (χ2n) is 8.20. The summed E-state index contributed by atoms with van der Waals surface area (Å²) in [6.07, 6.45) is 7.02. The molecule has 3 nitrogen and oxygen atoms in total. The van der Waals surface area contributed by atoms with Crippen molar-refractivity contribution in [3.8, 4) is 0 Å². The normalized spacial score (nSPS) is 44.1. The van der Waals surface area contributed by atoms with Crippen LogP contribution in [0.4, 0.5) is 0 Å². The SMILES string of the molecule is CC(C)(C(=O)O)C(C)(O)C12CC3CC(CC(C3)C1)C2. The highest BCUT2D eigenvalue weighted by Crippen LogP contribution is 2.66. The van der Waals surface area contributed by atoms with Gasteiger partial charge in [0.1, 0.15) is 0 Å². The fourth-order valence-corrected chi connectivity index (χ4v) is 5.58. The van der Waals surface area contributed by atoms with E-state index in [1.54, 1.807) is 20.8 Å². The van der Waals surface area contributed by atoms with Crippen molar-refractivity contribution in [2.45, 2.75) is 64.9 Å². The number of hydrogen-bond donors (Lipinski definition) is 2. The van der Waals surface area contributed by atoms with Gasteiger partial charge in [-0.3, -0.25) is 4.79 Å². The molecule has 1 atom stereocenters. The topological polar surface area (TPSA) is 57.5 Å². The highest BCUT2D eigenvalue weighted by atomic mass is 16.4. The first-order valence-corrected chi connectivity index (χ1v) is 7.64. The number of rotatable bonds is 3. The van der Waals surface area contributed by atoms with E-state index in [1.165, 1.54) is 19.3 Å². The van der Waals surface area contributed by atoms with Gasteiger partial charge in [0.15, 0.2) is 0 Å². The molecule has 4 aliphatic rings. The number of aliphatic carboxylic acids is 1. The van der Waals surface area contributed by atoms with E-state index >= 15 is 0 Å². The molecule has 0 aromatic rings. The van der Waals surface area contributed by atoms with Crippen LogP contribution in [0.15, 0.2) is 0 Å². The number of carboxylic acids is 1. The molecule has 4 bridgehead atoms. The third-order valence-electron chi connectivity index (χ3n) is 6.82. The first-order valence-electron chi connectivity index (χ1n) is 7.64. The standard InChI is InChI=1S/C16H26O3/c1-14(2,13(17)18)15(3,19)16-7-10-4-11(8-16)6-12(5-10)9-16/h10-12,19H,4-9H2,1-3H3,(H,17,18). The summed E-state index contributed by atoms with van der Waals surface area (Å²) in [7, 11) is 0. The molecule has 0 aromatic heterocycles. The fourth-order valence-electron chi connectivity index (χ4n) is 5.58. The molecule has 4 fully saturated rings. The predicted molar refractivity (Wildman–Crippen MR) is 72.6 cm³/mol. The molecule has 0 aliphatic heterocycles. The van der Waals surface area contributed by atoms with Gasteiger partial charge in [0.25, 0.3) is 0 Å². The van der Waals surface area contributed by atoms with Crippen molar-refractivity contribution < 1.29 is 15.0 Å². The lowest BCUT2D eigenvalue weighted by molar-refractivity contribution is -0.223. The molecule has 108 valence electrons. The summed E-state index contributed by atoms with van der Waals surface area (Å²) in [6, 6.07) is 0. The highest BCUT2D eigenvalue weighted by molar-refractivity contribution is 5.75.